The lowest BCUT2D eigenvalue weighted by Gasteiger charge is -2.28. The van der Waals surface area contributed by atoms with Gasteiger partial charge in [-0.3, -0.25) is 4.79 Å². The summed E-state index contributed by atoms with van der Waals surface area (Å²) in [5.41, 5.74) is 0.659. The van der Waals surface area contributed by atoms with E-state index in [4.69, 9.17) is 9.47 Å². The van der Waals surface area contributed by atoms with Gasteiger partial charge in [-0.1, -0.05) is 38.3 Å². The number of hydrogen-bond acceptors (Lipinski definition) is 3. The number of rotatable bonds is 6. The van der Waals surface area contributed by atoms with Gasteiger partial charge < -0.3 is 9.47 Å². The standard InChI is InChI=1S/C17H24O3/c1-3-13-6-4-9-16(10-13)20-12-17(18)14-7-5-8-15(11-14)19-2/h5,7-8,11,13,16H,3-4,6,9-10,12H2,1-2H3. The number of hydrogen-bond donors (Lipinski definition) is 0. The lowest BCUT2D eigenvalue weighted by Crippen LogP contribution is -2.25. The van der Waals surface area contributed by atoms with E-state index < -0.39 is 0 Å². The van der Waals surface area contributed by atoms with E-state index in [0.717, 1.165) is 18.8 Å². The molecule has 0 amide bonds. The van der Waals surface area contributed by atoms with Gasteiger partial charge in [0.25, 0.3) is 0 Å². The third-order valence-electron chi connectivity index (χ3n) is 4.15. The maximum Gasteiger partial charge on any atom is 0.188 e. The minimum absolute atomic E-state index is 0.0301. The monoisotopic (exact) mass is 276 g/mol. The fourth-order valence-corrected chi connectivity index (χ4v) is 2.84. The SMILES string of the molecule is CCC1CCCC(OCC(=O)c2cccc(OC)c2)C1. The molecule has 110 valence electrons. The molecule has 0 radical (unpaired) electrons. The van der Waals surface area contributed by atoms with Gasteiger partial charge in [0.1, 0.15) is 12.4 Å². The zero-order valence-corrected chi connectivity index (χ0v) is 12.4. The van der Waals surface area contributed by atoms with Gasteiger partial charge in [0, 0.05) is 5.56 Å². The topological polar surface area (TPSA) is 35.5 Å². The molecule has 1 aliphatic carbocycles. The number of ether oxygens (including phenoxy) is 2. The van der Waals surface area contributed by atoms with E-state index in [2.05, 4.69) is 6.92 Å². The van der Waals surface area contributed by atoms with Crippen LogP contribution in [0, 0.1) is 5.92 Å². The quantitative estimate of drug-likeness (QED) is 0.740. The Morgan fingerprint density at radius 2 is 2.20 bits per heavy atom. The Labute approximate surface area is 121 Å². The first-order valence-corrected chi connectivity index (χ1v) is 7.51. The molecule has 2 atom stereocenters. The van der Waals surface area contributed by atoms with Crippen LogP contribution in [0.25, 0.3) is 0 Å². The van der Waals surface area contributed by atoms with Gasteiger partial charge >= 0.3 is 0 Å². The number of methoxy groups -OCH3 is 1. The van der Waals surface area contributed by atoms with Gasteiger partial charge in [0.05, 0.1) is 13.2 Å². The highest BCUT2D eigenvalue weighted by molar-refractivity contribution is 5.97. The van der Waals surface area contributed by atoms with Gasteiger partial charge in [-0.25, -0.2) is 0 Å². The fraction of sp³-hybridized carbons (Fsp3) is 0.588. The summed E-state index contributed by atoms with van der Waals surface area (Å²) >= 11 is 0. The van der Waals surface area contributed by atoms with E-state index in [1.807, 2.05) is 18.2 Å². The van der Waals surface area contributed by atoms with Crippen LogP contribution in [0.4, 0.5) is 0 Å². The fourth-order valence-electron chi connectivity index (χ4n) is 2.84. The minimum atomic E-state index is 0.0301. The Balaban J connectivity index is 1.85. The van der Waals surface area contributed by atoms with Gasteiger partial charge in [-0.2, -0.15) is 0 Å². The molecule has 1 saturated carbocycles. The maximum absolute atomic E-state index is 12.1. The van der Waals surface area contributed by atoms with Gasteiger partial charge in [0.15, 0.2) is 5.78 Å². The Morgan fingerprint density at radius 1 is 1.35 bits per heavy atom. The highest BCUT2D eigenvalue weighted by atomic mass is 16.5. The summed E-state index contributed by atoms with van der Waals surface area (Å²) in [5, 5.41) is 0. The molecule has 1 aromatic rings. The first-order valence-electron chi connectivity index (χ1n) is 7.51. The lowest BCUT2D eigenvalue weighted by molar-refractivity contribution is 0.0156. The van der Waals surface area contributed by atoms with Crippen LogP contribution in [0.5, 0.6) is 5.75 Å². The molecule has 20 heavy (non-hydrogen) atoms. The van der Waals surface area contributed by atoms with Crippen molar-refractivity contribution in [1.82, 2.24) is 0 Å². The molecular weight excluding hydrogens is 252 g/mol. The molecular formula is C17H24O3. The van der Waals surface area contributed by atoms with Gasteiger partial charge in [-0.05, 0) is 30.9 Å². The molecule has 1 aromatic carbocycles. The number of benzene rings is 1. The molecule has 1 fully saturated rings. The van der Waals surface area contributed by atoms with Crippen molar-refractivity contribution < 1.29 is 14.3 Å². The van der Waals surface area contributed by atoms with Crippen molar-refractivity contribution in [3.8, 4) is 5.75 Å². The maximum atomic E-state index is 12.1. The summed E-state index contributed by atoms with van der Waals surface area (Å²) in [4.78, 5) is 12.1. The third kappa shape index (κ3) is 4.07. The van der Waals surface area contributed by atoms with Crippen molar-refractivity contribution in [2.75, 3.05) is 13.7 Å². The van der Waals surface area contributed by atoms with Crippen molar-refractivity contribution in [3.05, 3.63) is 29.8 Å². The van der Waals surface area contributed by atoms with Crippen LogP contribution in [0.15, 0.2) is 24.3 Å². The van der Waals surface area contributed by atoms with E-state index in [9.17, 15) is 4.79 Å². The molecule has 1 aliphatic rings. The van der Waals surface area contributed by atoms with Crippen LogP contribution >= 0.6 is 0 Å². The molecule has 0 bridgehead atoms. The molecule has 0 saturated heterocycles. The van der Waals surface area contributed by atoms with Crippen molar-refractivity contribution in [3.63, 3.8) is 0 Å². The number of carbonyl (C=O) groups excluding carboxylic acids is 1. The summed E-state index contributed by atoms with van der Waals surface area (Å²) in [6, 6.07) is 7.25. The largest absolute Gasteiger partial charge is 0.497 e. The van der Waals surface area contributed by atoms with Crippen LogP contribution in [-0.4, -0.2) is 25.6 Å². The predicted octanol–water partition coefficient (Wildman–Crippen LogP) is 3.86. The summed E-state index contributed by atoms with van der Waals surface area (Å²) in [6.45, 7) is 2.41. The van der Waals surface area contributed by atoms with Crippen LogP contribution in [0.3, 0.4) is 0 Å². The molecule has 3 nitrogen and oxygen atoms in total. The summed E-state index contributed by atoms with van der Waals surface area (Å²) < 4.78 is 10.9. The Hall–Kier alpha value is -1.35. The second kappa shape index (κ2) is 7.44. The van der Waals surface area contributed by atoms with E-state index in [1.165, 1.54) is 19.3 Å². The predicted molar refractivity (Wildman–Crippen MR) is 79.3 cm³/mol. The van der Waals surface area contributed by atoms with Crippen molar-refractivity contribution in [2.24, 2.45) is 5.92 Å². The van der Waals surface area contributed by atoms with Crippen LogP contribution < -0.4 is 4.74 Å². The number of ketones is 1. The van der Waals surface area contributed by atoms with Crippen LogP contribution in [0.2, 0.25) is 0 Å². The molecule has 0 spiro atoms. The second-order valence-corrected chi connectivity index (χ2v) is 5.53. The van der Waals surface area contributed by atoms with Crippen molar-refractivity contribution in [2.45, 2.75) is 45.1 Å². The number of carbonyl (C=O) groups is 1. The molecule has 0 aromatic heterocycles. The van der Waals surface area contributed by atoms with Gasteiger partial charge in [0.2, 0.25) is 0 Å². The Bertz CT molecular complexity index is 442. The van der Waals surface area contributed by atoms with Gasteiger partial charge in [-0.15, -0.1) is 0 Å². The molecule has 0 N–H and O–H groups in total. The zero-order valence-electron chi connectivity index (χ0n) is 12.4. The Kier molecular flexibility index (Phi) is 5.60. The van der Waals surface area contributed by atoms with E-state index in [1.54, 1.807) is 13.2 Å². The average molecular weight is 276 g/mol. The molecule has 2 rings (SSSR count). The lowest BCUT2D eigenvalue weighted by atomic mass is 9.85. The third-order valence-corrected chi connectivity index (χ3v) is 4.15. The average Bonchev–Trinajstić information content (AvgIpc) is 2.52. The highest BCUT2D eigenvalue weighted by Crippen LogP contribution is 2.28. The summed E-state index contributed by atoms with van der Waals surface area (Å²) in [7, 11) is 1.60. The molecule has 0 aliphatic heterocycles. The first-order chi connectivity index (χ1) is 9.72. The number of Topliss-reactive ketones (excluding diaryl/α,β-unsaturated/α-hetero) is 1. The van der Waals surface area contributed by atoms with E-state index >= 15 is 0 Å². The normalized spacial score (nSPS) is 22.5. The van der Waals surface area contributed by atoms with Crippen LogP contribution in [0.1, 0.15) is 49.4 Å². The first kappa shape index (κ1) is 15.0. The zero-order chi connectivity index (χ0) is 14.4. The van der Waals surface area contributed by atoms with Crippen molar-refractivity contribution >= 4 is 5.78 Å². The second-order valence-electron chi connectivity index (χ2n) is 5.53. The van der Waals surface area contributed by atoms with Crippen LogP contribution in [-0.2, 0) is 4.74 Å². The molecule has 0 heterocycles. The summed E-state index contributed by atoms with van der Waals surface area (Å²) in [6.07, 6.45) is 6.17. The highest BCUT2D eigenvalue weighted by Gasteiger charge is 2.22. The Morgan fingerprint density at radius 3 is 2.95 bits per heavy atom. The minimum Gasteiger partial charge on any atom is -0.497 e. The molecule has 3 heteroatoms. The van der Waals surface area contributed by atoms with E-state index in [-0.39, 0.29) is 18.5 Å². The molecule has 2 unspecified atom stereocenters. The van der Waals surface area contributed by atoms with E-state index in [0.29, 0.717) is 11.3 Å². The summed E-state index contributed by atoms with van der Waals surface area (Å²) in [5.74, 6) is 1.50. The van der Waals surface area contributed by atoms with Crippen molar-refractivity contribution in [1.29, 1.82) is 0 Å². The smallest absolute Gasteiger partial charge is 0.188 e.